The lowest BCUT2D eigenvalue weighted by atomic mass is 9.70. The SMILES string of the molecule is CS(=O)(=O)/C(F)=C\[C@H](C[C@@H]1CCNC1=O)NC(=O)[C@@H]1[C@@H]2CC[C@@H](CC2(F)F)N1C(=O)C1(O)c2ccccc2-c2ccccc21. The lowest BCUT2D eigenvalue weighted by Crippen LogP contribution is -2.70. The molecule has 1 saturated carbocycles. The molecule has 0 unspecified atom stereocenters. The predicted octanol–water partition coefficient (Wildman–Crippen LogP) is 2.78. The number of nitrogens with zero attached hydrogens (tertiary/aromatic N) is 1. The van der Waals surface area contributed by atoms with E-state index in [-0.39, 0.29) is 36.3 Å². The molecule has 3 heterocycles. The van der Waals surface area contributed by atoms with E-state index in [9.17, 15) is 32.3 Å². The zero-order chi connectivity index (χ0) is 31.6. The fourth-order valence-corrected chi connectivity index (χ4v) is 7.73. The van der Waals surface area contributed by atoms with Crippen LogP contribution in [0, 0.1) is 11.8 Å². The summed E-state index contributed by atoms with van der Waals surface area (Å²) in [6, 6.07) is 9.27. The monoisotopic (exact) mass is 631 g/mol. The molecule has 0 aromatic heterocycles. The third-order valence-corrected chi connectivity index (χ3v) is 10.2. The van der Waals surface area contributed by atoms with Gasteiger partial charge in [-0.15, -0.1) is 0 Å². The van der Waals surface area contributed by atoms with Gasteiger partial charge in [0.15, 0.2) is 5.60 Å². The molecule has 9 nitrogen and oxygen atoms in total. The fraction of sp³-hybridized carbons (Fsp3) is 0.452. The number of hydrogen-bond donors (Lipinski definition) is 3. The molecule has 2 aromatic rings. The normalized spacial score (nSPS) is 27.3. The molecule has 234 valence electrons. The largest absolute Gasteiger partial charge is 0.372 e. The topological polar surface area (TPSA) is 133 Å². The van der Waals surface area contributed by atoms with Gasteiger partial charge in [0, 0.05) is 42.3 Å². The minimum Gasteiger partial charge on any atom is -0.372 e. The highest BCUT2D eigenvalue weighted by atomic mass is 32.2. The summed E-state index contributed by atoms with van der Waals surface area (Å²) in [6.07, 6.45) is 0.872. The quantitative estimate of drug-likeness (QED) is 0.431. The van der Waals surface area contributed by atoms with Crippen LogP contribution in [0.4, 0.5) is 13.2 Å². The third kappa shape index (κ3) is 4.90. The Morgan fingerprint density at radius 1 is 1.09 bits per heavy atom. The van der Waals surface area contributed by atoms with E-state index in [0.717, 1.165) is 4.90 Å². The van der Waals surface area contributed by atoms with Gasteiger partial charge in [-0.1, -0.05) is 48.5 Å². The van der Waals surface area contributed by atoms with Gasteiger partial charge in [0.05, 0.1) is 12.0 Å². The molecule has 5 aliphatic rings. The second-order valence-corrected chi connectivity index (χ2v) is 14.1. The molecule has 2 aliphatic carbocycles. The van der Waals surface area contributed by atoms with Crippen molar-refractivity contribution in [3.8, 4) is 11.1 Å². The van der Waals surface area contributed by atoms with Gasteiger partial charge in [0.25, 0.3) is 11.8 Å². The highest BCUT2D eigenvalue weighted by Gasteiger charge is 2.63. The Bertz CT molecular complexity index is 1630. The molecule has 3 saturated heterocycles. The number of benzene rings is 2. The number of sulfone groups is 1. The van der Waals surface area contributed by atoms with Gasteiger partial charge in [-0.3, -0.25) is 14.4 Å². The minimum atomic E-state index is -4.31. The summed E-state index contributed by atoms with van der Waals surface area (Å²) in [4.78, 5) is 41.8. The van der Waals surface area contributed by atoms with Crippen LogP contribution >= 0.6 is 0 Å². The van der Waals surface area contributed by atoms with Crippen molar-refractivity contribution in [2.45, 2.75) is 61.8 Å². The van der Waals surface area contributed by atoms with Crippen LogP contribution in [0.1, 0.15) is 43.2 Å². The van der Waals surface area contributed by atoms with Crippen LogP contribution in [-0.2, 0) is 29.8 Å². The molecule has 7 rings (SSSR count). The van der Waals surface area contributed by atoms with E-state index in [1.165, 1.54) is 0 Å². The molecule has 44 heavy (non-hydrogen) atoms. The maximum atomic E-state index is 15.4. The van der Waals surface area contributed by atoms with Gasteiger partial charge >= 0.3 is 0 Å². The van der Waals surface area contributed by atoms with Gasteiger partial charge in [0.2, 0.25) is 26.8 Å². The molecule has 3 N–H and O–H groups in total. The van der Waals surface area contributed by atoms with Crippen molar-refractivity contribution in [3.05, 3.63) is 70.9 Å². The number of rotatable bonds is 7. The second-order valence-electron chi connectivity index (χ2n) is 12.1. The molecule has 0 radical (unpaired) electrons. The molecule has 2 bridgehead atoms. The van der Waals surface area contributed by atoms with Gasteiger partial charge in [0.1, 0.15) is 6.04 Å². The Kier molecular flexibility index (Phi) is 7.39. The van der Waals surface area contributed by atoms with Crippen molar-refractivity contribution in [2.24, 2.45) is 11.8 Å². The van der Waals surface area contributed by atoms with Crippen molar-refractivity contribution in [1.82, 2.24) is 15.5 Å². The summed E-state index contributed by atoms with van der Waals surface area (Å²) in [7, 11) is -4.31. The average molecular weight is 632 g/mol. The first-order valence-corrected chi connectivity index (χ1v) is 16.4. The number of fused-ring (bicyclic) bond motifs is 6. The van der Waals surface area contributed by atoms with E-state index in [1.807, 2.05) is 0 Å². The van der Waals surface area contributed by atoms with Crippen molar-refractivity contribution < 1.29 is 41.1 Å². The number of aliphatic hydroxyl groups is 1. The number of halogens is 3. The van der Waals surface area contributed by atoms with Crippen LogP contribution < -0.4 is 10.6 Å². The number of piperidine rings is 2. The third-order valence-electron chi connectivity index (χ3n) is 9.39. The first-order chi connectivity index (χ1) is 20.7. The zero-order valence-electron chi connectivity index (χ0n) is 23.8. The summed E-state index contributed by atoms with van der Waals surface area (Å²) in [6.45, 7) is 0.338. The first-order valence-electron chi connectivity index (χ1n) is 14.5. The smallest absolute Gasteiger partial charge is 0.264 e. The van der Waals surface area contributed by atoms with Gasteiger partial charge in [-0.25, -0.2) is 17.2 Å². The van der Waals surface area contributed by atoms with E-state index in [0.29, 0.717) is 36.4 Å². The van der Waals surface area contributed by atoms with Crippen molar-refractivity contribution in [2.75, 3.05) is 12.8 Å². The maximum Gasteiger partial charge on any atom is 0.264 e. The summed E-state index contributed by atoms with van der Waals surface area (Å²) in [5.41, 5.74) is -0.529. The van der Waals surface area contributed by atoms with Crippen LogP contribution in [0.3, 0.4) is 0 Å². The van der Waals surface area contributed by atoms with Crippen LogP contribution in [0.25, 0.3) is 11.1 Å². The highest BCUT2D eigenvalue weighted by molar-refractivity contribution is 7.94. The Morgan fingerprint density at radius 3 is 2.25 bits per heavy atom. The Labute approximate surface area is 252 Å². The zero-order valence-corrected chi connectivity index (χ0v) is 24.6. The summed E-state index contributed by atoms with van der Waals surface area (Å²) in [5, 5.41) is 15.8. The average Bonchev–Trinajstić information content (AvgIpc) is 3.50. The molecule has 2 aromatic carbocycles. The Morgan fingerprint density at radius 2 is 1.70 bits per heavy atom. The van der Waals surface area contributed by atoms with Crippen LogP contribution in [0.5, 0.6) is 0 Å². The predicted molar refractivity (Wildman–Crippen MR) is 153 cm³/mol. The second kappa shape index (κ2) is 10.7. The minimum absolute atomic E-state index is 0.0750. The summed E-state index contributed by atoms with van der Waals surface area (Å²) >= 11 is 0. The van der Waals surface area contributed by atoms with E-state index >= 15 is 8.78 Å². The number of carbonyl (C=O) groups is 3. The van der Waals surface area contributed by atoms with E-state index in [4.69, 9.17) is 0 Å². The van der Waals surface area contributed by atoms with Crippen LogP contribution in [0.2, 0.25) is 0 Å². The lowest BCUT2D eigenvalue weighted by Gasteiger charge is -2.55. The van der Waals surface area contributed by atoms with Gasteiger partial charge in [-0.2, -0.15) is 4.39 Å². The summed E-state index contributed by atoms with van der Waals surface area (Å²) in [5.74, 6) is -7.94. The number of nitrogens with one attached hydrogen (secondary N) is 2. The van der Waals surface area contributed by atoms with Crippen molar-refractivity contribution in [1.29, 1.82) is 0 Å². The van der Waals surface area contributed by atoms with E-state index < -0.39 is 74.7 Å². The molecular formula is C31H32F3N3O6S. The van der Waals surface area contributed by atoms with Crippen molar-refractivity contribution in [3.63, 3.8) is 0 Å². The Hall–Kier alpha value is -3.71. The number of hydrogen-bond acceptors (Lipinski definition) is 6. The first kappa shape index (κ1) is 30.3. The fourth-order valence-electron chi connectivity index (χ4n) is 7.32. The van der Waals surface area contributed by atoms with Gasteiger partial charge < -0.3 is 20.6 Å². The molecule has 3 aliphatic heterocycles. The van der Waals surface area contributed by atoms with Crippen molar-refractivity contribution >= 4 is 27.6 Å². The molecule has 13 heteroatoms. The summed E-state index contributed by atoms with van der Waals surface area (Å²) < 4.78 is 69.1. The highest BCUT2D eigenvalue weighted by Crippen LogP contribution is 2.53. The number of alkyl halides is 2. The standard InChI is InChI=1S/C31H32F3N3O6S/c1-44(42,43)25(32)15-18(14-17-12-13-35-27(17)38)36-28(39)26-24-11-10-19(16-30(24,33)34)37(26)29(40)31(41)22-8-4-2-6-20(22)21-7-3-5-9-23(21)31/h2-9,15,17-19,24,26,41H,10-14,16H2,1H3,(H,35,38)(H,36,39)/b25-15-/t17-,18-,19-,24-,26-/m0/s1. The lowest BCUT2D eigenvalue weighted by molar-refractivity contribution is -0.201. The molecule has 4 fully saturated rings. The van der Waals surface area contributed by atoms with Crippen LogP contribution in [-0.4, -0.2) is 73.0 Å². The van der Waals surface area contributed by atoms with Crippen LogP contribution in [0.15, 0.2) is 59.8 Å². The van der Waals surface area contributed by atoms with Gasteiger partial charge in [-0.05, 0) is 42.9 Å². The maximum absolute atomic E-state index is 15.4. The molecule has 5 atom stereocenters. The van der Waals surface area contributed by atoms with E-state index in [2.05, 4.69) is 10.6 Å². The van der Waals surface area contributed by atoms with E-state index in [1.54, 1.807) is 48.5 Å². The molecular weight excluding hydrogens is 599 g/mol. The Balaban J connectivity index is 1.39. The number of carbonyl (C=O) groups excluding carboxylic acids is 3. The molecule has 0 spiro atoms. The molecule has 3 amide bonds. The number of amides is 3.